The molecule has 6 amide bonds. The fraction of sp³-hybridized carbons (Fsp3) is 0.441. The van der Waals surface area contributed by atoms with Crippen molar-refractivity contribution in [3.63, 3.8) is 0 Å². The molecule has 0 aromatic carbocycles. The number of amides is 6. The lowest BCUT2D eigenvalue weighted by Gasteiger charge is -2.26. The van der Waals surface area contributed by atoms with E-state index in [9.17, 15) is 43.8 Å². The van der Waals surface area contributed by atoms with Gasteiger partial charge in [0.25, 0.3) is 0 Å². The van der Waals surface area contributed by atoms with Crippen LogP contribution in [0, 0.1) is 0 Å². The van der Waals surface area contributed by atoms with Crippen LogP contribution in [0.4, 0.5) is 0 Å². The number of carbonyl (C=O) groups is 7. The first kappa shape index (κ1) is 45.1. The van der Waals surface area contributed by atoms with E-state index in [1.807, 2.05) is 6.26 Å². The standard InChI is InChI=1S/C34H47N15O9S/c1-59-3-2-22(35)29(52)40-12-28(51)45-23(4-18-8-36-14-41-18)30(53)46-25(6-20-10-38-16-43-20)32(55)49-27(13-50)33(56)47-24(5-19-9-37-15-42-19)31(54)48-26(34(57)58)7-21-11-39-17-44-21/h8-11,14-17,22-27,50H,2-7,12-13,35H2,1H3,(H,36,41)(H,37,42)(H,38,43)(H,39,44)(H,40,52)(H,45,51)(H,46,53)(H,47,56)(H,48,54)(H,49,55)(H,57,58)/t22-,23-,24-,25-,26-,27-/m0/s1. The predicted octanol–water partition coefficient (Wildman–Crippen LogP) is -4.45. The number of thioether (sulfide) groups is 1. The highest BCUT2D eigenvalue weighted by molar-refractivity contribution is 7.98. The van der Waals surface area contributed by atoms with Gasteiger partial charge in [0.1, 0.15) is 30.2 Å². The Hall–Kier alpha value is -6.60. The summed E-state index contributed by atoms with van der Waals surface area (Å²) in [6.45, 7) is -1.45. The van der Waals surface area contributed by atoms with E-state index < -0.39 is 90.8 Å². The van der Waals surface area contributed by atoms with Crippen molar-refractivity contribution in [2.45, 2.75) is 68.4 Å². The molecule has 4 rings (SSSR count). The molecule has 0 aliphatic carbocycles. The van der Waals surface area contributed by atoms with Gasteiger partial charge in [-0.05, 0) is 18.4 Å². The number of nitrogens with two attached hydrogens (primary N) is 1. The molecule has 318 valence electrons. The van der Waals surface area contributed by atoms with Crippen molar-refractivity contribution in [3.05, 3.63) is 72.9 Å². The maximum Gasteiger partial charge on any atom is 0.326 e. The summed E-state index contributed by atoms with van der Waals surface area (Å²) >= 11 is 1.51. The number of nitrogens with zero attached hydrogens (tertiary/aromatic N) is 4. The third-order valence-electron chi connectivity index (χ3n) is 8.66. The van der Waals surface area contributed by atoms with E-state index in [4.69, 9.17) is 5.73 Å². The minimum Gasteiger partial charge on any atom is -0.480 e. The number of carbonyl (C=O) groups excluding carboxylic acids is 6. The monoisotopic (exact) mass is 841 g/mol. The largest absolute Gasteiger partial charge is 0.480 e. The Balaban J connectivity index is 1.47. The number of nitrogens with one attached hydrogen (secondary N) is 10. The van der Waals surface area contributed by atoms with Crippen LogP contribution in [0.15, 0.2) is 50.1 Å². The van der Waals surface area contributed by atoms with Gasteiger partial charge in [-0.15, -0.1) is 0 Å². The molecule has 0 saturated heterocycles. The van der Waals surface area contributed by atoms with E-state index in [-0.39, 0.29) is 25.7 Å². The number of carboxylic acids is 1. The second-order valence-electron chi connectivity index (χ2n) is 13.1. The van der Waals surface area contributed by atoms with Crippen LogP contribution >= 0.6 is 11.8 Å². The van der Waals surface area contributed by atoms with Gasteiger partial charge in [-0.1, -0.05) is 0 Å². The number of aromatic amines is 4. The number of H-pyrrole nitrogens is 4. The summed E-state index contributed by atoms with van der Waals surface area (Å²) < 4.78 is 0. The van der Waals surface area contributed by atoms with Gasteiger partial charge in [0.05, 0.1) is 44.5 Å². The van der Waals surface area contributed by atoms with Crippen molar-refractivity contribution in [2.75, 3.05) is 25.2 Å². The lowest BCUT2D eigenvalue weighted by molar-refractivity contribution is -0.142. The van der Waals surface area contributed by atoms with Gasteiger partial charge in [-0.25, -0.2) is 24.7 Å². The average Bonchev–Trinajstić information content (AvgIpc) is 4.07. The first-order valence-corrected chi connectivity index (χ1v) is 19.5. The molecule has 14 N–H and O–H groups in total. The second-order valence-corrected chi connectivity index (χ2v) is 14.1. The number of hydrogen-bond acceptors (Lipinski definition) is 14. The molecule has 25 heteroatoms. The number of hydrogen-bond donors (Lipinski definition) is 13. The average molecular weight is 842 g/mol. The third kappa shape index (κ3) is 14.7. The van der Waals surface area contributed by atoms with Crippen LogP contribution in [0.5, 0.6) is 0 Å². The van der Waals surface area contributed by atoms with E-state index in [0.717, 1.165) is 0 Å². The zero-order valence-electron chi connectivity index (χ0n) is 31.8. The molecule has 0 spiro atoms. The minimum atomic E-state index is -1.67. The molecule has 4 aromatic heterocycles. The molecule has 0 aliphatic rings. The fourth-order valence-corrected chi connectivity index (χ4v) is 5.99. The molecule has 4 aromatic rings. The number of rotatable bonds is 25. The predicted molar refractivity (Wildman–Crippen MR) is 208 cm³/mol. The lowest BCUT2D eigenvalue weighted by atomic mass is 10.1. The van der Waals surface area contributed by atoms with Crippen LogP contribution < -0.4 is 37.6 Å². The molecule has 0 unspecified atom stereocenters. The highest BCUT2D eigenvalue weighted by atomic mass is 32.2. The molecule has 4 heterocycles. The number of aliphatic hydroxyl groups is 1. The molecule has 0 saturated carbocycles. The smallest absolute Gasteiger partial charge is 0.326 e. The van der Waals surface area contributed by atoms with Crippen LogP contribution in [-0.4, -0.2) is 153 Å². The Bertz CT molecular complexity index is 1940. The van der Waals surface area contributed by atoms with Gasteiger partial charge in [0, 0.05) is 73.2 Å². The molecule has 0 radical (unpaired) electrons. The Kier molecular flexibility index (Phi) is 17.6. The molecule has 0 aliphatic heterocycles. The van der Waals surface area contributed by atoms with Gasteiger partial charge in [-0.3, -0.25) is 28.8 Å². The molecule has 24 nitrogen and oxygen atoms in total. The second kappa shape index (κ2) is 23.0. The number of aliphatic carboxylic acids is 1. The lowest BCUT2D eigenvalue weighted by Crippen LogP contribution is -2.60. The Labute approximate surface area is 340 Å². The van der Waals surface area contributed by atoms with Gasteiger partial charge in [0.2, 0.25) is 35.4 Å². The van der Waals surface area contributed by atoms with Crippen molar-refractivity contribution in [2.24, 2.45) is 5.73 Å². The number of aliphatic hydroxyl groups excluding tert-OH is 1. The van der Waals surface area contributed by atoms with E-state index >= 15 is 0 Å². The SMILES string of the molecule is CSCC[C@H](N)C(=O)NCC(=O)N[C@@H](Cc1cnc[nH]1)C(=O)N[C@@H](Cc1cnc[nH]1)C(=O)N[C@@H](CO)C(=O)N[C@@H](Cc1cnc[nH]1)C(=O)N[C@@H](Cc1cnc[nH]1)C(=O)O. The maximum absolute atomic E-state index is 13.8. The van der Waals surface area contributed by atoms with Crippen molar-refractivity contribution >= 4 is 53.2 Å². The topological polar surface area (TPSA) is 373 Å². The summed E-state index contributed by atoms with van der Waals surface area (Å²) in [5, 5.41) is 34.8. The summed E-state index contributed by atoms with van der Waals surface area (Å²) in [5.74, 6) is -5.69. The van der Waals surface area contributed by atoms with Crippen LogP contribution in [-0.2, 0) is 59.2 Å². The molecule has 0 fully saturated rings. The zero-order chi connectivity index (χ0) is 42.7. The van der Waals surface area contributed by atoms with E-state index in [2.05, 4.69) is 71.8 Å². The quantitative estimate of drug-likeness (QED) is 0.0299. The number of carboxylic acid groups (broad SMARTS) is 1. The first-order chi connectivity index (χ1) is 28.4. The van der Waals surface area contributed by atoms with Crippen molar-refractivity contribution in [3.8, 4) is 0 Å². The van der Waals surface area contributed by atoms with Gasteiger partial charge >= 0.3 is 5.97 Å². The first-order valence-electron chi connectivity index (χ1n) is 18.1. The van der Waals surface area contributed by atoms with Gasteiger partial charge < -0.3 is 67.8 Å². The molecule has 0 bridgehead atoms. The summed E-state index contributed by atoms with van der Waals surface area (Å²) in [6, 6.07) is -8.08. The summed E-state index contributed by atoms with van der Waals surface area (Å²) in [5.41, 5.74) is 7.54. The minimum absolute atomic E-state index is 0.108. The normalized spacial score (nSPS) is 14.1. The third-order valence-corrected chi connectivity index (χ3v) is 9.30. The van der Waals surface area contributed by atoms with E-state index in [1.165, 1.54) is 61.9 Å². The summed E-state index contributed by atoms with van der Waals surface area (Å²) in [7, 11) is 0. The Morgan fingerprint density at radius 3 is 1.36 bits per heavy atom. The van der Waals surface area contributed by atoms with Crippen molar-refractivity contribution in [1.29, 1.82) is 0 Å². The number of aromatic nitrogens is 8. The Morgan fingerprint density at radius 2 is 0.983 bits per heavy atom. The van der Waals surface area contributed by atoms with Crippen LogP contribution in [0.2, 0.25) is 0 Å². The highest BCUT2D eigenvalue weighted by Gasteiger charge is 2.33. The molecular formula is C34H47N15O9S. The van der Waals surface area contributed by atoms with Crippen molar-refractivity contribution in [1.82, 2.24) is 71.8 Å². The van der Waals surface area contributed by atoms with Crippen LogP contribution in [0.1, 0.15) is 29.2 Å². The zero-order valence-corrected chi connectivity index (χ0v) is 32.6. The summed E-state index contributed by atoms with van der Waals surface area (Å²) in [4.78, 5) is 119. The molecular weight excluding hydrogens is 795 g/mol. The molecule has 6 atom stereocenters. The van der Waals surface area contributed by atoms with Crippen molar-refractivity contribution < 1.29 is 43.8 Å². The van der Waals surface area contributed by atoms with Gasteiger partial charge in [-0.2, -0.15) is 11.8 Å². The van der Waals surface area contributed by atoms with Gasteiger partial charge in [0.15, 0.2) is 0 Å². The van der Waals surface area contributed by atoms with Crippen LogP contribution in [0.25, 0.3) is 0 Å². The summed E-state index contributed by atoms with van der Waals surface area (Å²) in [6.07, 6.45) is 12.6. The maximum atomic E-state index is 13.8. The highest BCUT2D eigenvalue weighted by Crippen LogP contribution is 2.07. The van der Waals surface area contributed by atoms with E-state index in [1.54, 1.807) is 0 Å². The molecule has 59 heavy (non-hydrogen) atoms. The number of imidazole rings is 4. The Morgan fingerprint density at radius 1 is 0.610 bits per heavy atom. The van der Waals surface area contributed by atoms with Crippen LogP contribution in [0.3, 0.4) is 0 Å². The van der Waals surface area contributed by atoms with E-state index in [0.29, 0.717) is 34.9 Å². The fourth-order valence-electron chi connectivity index (χ4n) is 5.50.